The Morgan fingerprint density at radius 2 is 1.95 bits per heavy atom. The van der Waals surface area contributed by atoms with Crippen molar-refractivity contribution >= 4 is 29.3 Å². The summed E-state index contributed by atoms with van der Waals surface area (Å²) in [4.78, 5) is 48.7. The van der Waals surface area contributed by atoms with Gasteiger partial charge in [0.25, 0.3) is 11.6 Å². The summed E-state index contributed by atoms with van der Waals surface area (Å²) in [6, 6.07) is 8.85. The maximum atomic E-state index is 13.9. The fraction of sp³-hybridized carbons (Fsp3) is 0.407. The molecule has 1 aromatic carbocycles. The van der Waals surface area contributed by atoms with E-state index in [9.17, 15) is 19.7 Å². The molecule has 0 saturated heterocycles. The average Bonchev–Trinajstić information content (AvgIpc) is 3.34. The molecule has 3 N–H and O–H groups in total. The number of rotatable bonds is 7. The van der Waals surface area contributed by atoms with Gasteiger partial charge in [0, 0.05) is 43.4 Å². The van der Waals surface area contributed by atoms with Crippen LogP contribution in [0.5, 0.6) is 0 Å². The number of nitrogens with zero attached hydrogens (tertiary/aromatic N) is 5. The number of hydrogen-bond acceptors (Lipinski definition) is 8. The smallest absolute Gasteiger partial charge is 0.269 e. The van der Waals surface area contributed by atoms with Crippen molar-refractivity contribution in [3.8, 4) is 0 Å². The molecule has 2 aromatic heterocycles. The number of benzene rings is 1. The third-order valence-corrected chi connectivity index (χ3v) is 8.23. The molecule has 3 atom stereocenters. The summed E-state index contributed by atoms with van der Waals surface area (Å²) in [6.45, 7) is 0.623. The van der Waals surface area contributed by atoms with E-state index in [-0.39, 0.29) is 42.6 Å². The largest absolute Gasteiger partial charge is 0.350 e. The molecule has 0 radical (unpaired) electrons. The molecular formula is C27H31N7O4S. The molecule has 0 bridgehead atoms. The van der Waals surface area contributed by atoms with Gasteiger partial charge >= 0.3 is 0 Å². The van der Waals surface area contributed by atoms with Crippen LogP contribution in [0.1, 0.15) is 53.0 Å². The number of amides is 2. The third-order valence-electron chi connectivity index (χ3n) is 7.52. The van der Waals surface area contributed by atoms with Crippen molar-refractivity contribution in [3.63, 3.8) is 0 Å². The maximum absolute atomic E-state index is 13.9. The normalized spacial score (nSPS) is 20.8. The zero-order valence-electron chi connectivity index (χ0n) is 21.7. The number of aromatic nitrogens is 3. The molecule has 204 valence electrons. The minimum Gasteiger partial charge on any atom is -0.350 e. The van der Waals surface area contributed by atoms with Gasteiger partial charge in [-0.2, -0.15) is 0 Å². The van der Waals surface area contributed by atoms with Crippen molar-refractivity contribution < 1.29 is 14.5 Å². The molecule has 3 unspecified atom stereocenters. The molecule has 39 heavy (non-hydrogen) atoms. The third kappa shape index (κ3) is 5.66. The molecule has 2 amide bonds. The average molecular weight is 550 g/mol. The number of hydrogen-bond donors (Lipinski definition) is 2. The highest BCUT2D eigenvalue weighted by atomic mass is 32.2. The quantitative estimate of drug-likeness (QED) is 0.260. The summed E-state index contributed by atoms with van der Waals surface area (Å²) in [5.74, 6) is -0.495. The second kappa shape index (κ2) is 11.5. The van der Waals surface area contributed by atoms with Gasteiger partial charge in [0.1, 0.15) is 11.1 Å². The van der Waals surface area contributed by atoms with Crippen molar-refractivity contribution in [1.29, 1.82) is 0 Å². The Kier molecular flexibility index (Phi) is 7.94. The van der Waals surface area contributed by atoms with E-state index in [1.807, 2.05) is 10.8 Å². The van der Waals surface area contributed by atoms with E-state index in [0.717, 1.165) is 42.6 Å². The number of fused-ring (bicyclic) bond motifs is 1. The van der Waals surface area contributed by atoms with Crippen LogP contribution in [0, 0.1) is 10.1 Å². The van der Waals surface area contributed by atoms with Gasteiger partial charge in [-0.3, -0.25) is 19.7 Å². The Labute approximate surface area is 230 Å². The first-order valence-electron chi connectivity index (χ1n) is 13.0. The number of carbonyl (C=O) groups is 2. The van der Waals surface area contributed by atoms with Crippen molar-refractivity contribution in [2.24, 2.45) is 5.73 Å². The fourth-order valence-electron chi connectivity index (χ4n) is 5.36. The number of nitro groups is 1. The monoisotopic (exact) mass is 549 g/mol. The van der Waals surface area contributed by atoms with Crippen LogP contribution in [0.25, 0.3) is 0 Å². The Morgan fingerprint density at radius 3 is 2.67 bits per heavy atom. The van der Waals surface area contributed by atoms with Crippen LogP contribution in [0.3, 0.4) is 0 Å². The van der Waals surface area contributed by atoms with Crippen molar-refractivity contribution in [1.82, 2.24) is 24.8 Å². The highest BCUT2D eigenvalue weighted by Gasteiger charge is 2.39. The molecule has 2 aliphatic rings. The van der Waals surface area contributed by atoms with E-state index < -0.39 is 11.0 Å². The maximum Gasteiger partial charge on any atom is 0.269 e. The lowest BCUT2D eigenvalue weighted by Crippen LogP contribution is -2.57. The molecular weight excluding hydrogens is 518 g/mol. The summed E-state index contributed by atoms with van der Waals surface area (Å²) in [5, 5.41) is 14.7. The Morgan fingerprint density at radius 1 is 1.18 bits per heavy atom. The van der Waals surface area contributed by atoms with Crippen LogP contribution in [0.4, 0.5) is 5.69 Å². The van der Waals surface area contributed by atoms with E-state index in [1.165, 1.54) is 23.9 Å². The van der Waals surface area contributed by atoms with Crippen molar-refractivity contribution in [2.75, 3.05) is 6.26 Å². The molecule has 12 heteroatoms. The second-order valence-electron chi connectivity index (χ2n) is 9.97. The Bertz CT molecular complexity index is 1380. The van der Waals surface area contributed by atoms with Gasteiger partial charge in [-0.05, 0) is 36.8 Å². The summed E-state index contributed by atoms with van der Waals surface area (Å²) in [5.41, 5.74) is 9.22. The fourth-order valence-corrected chi connectivity index (χ4v) is 5.90. The van der Waals surface area contributed by atoms with Crippen LogP contribution in [0.15, 0.2) is 53.9 Å². The topological polar surface area (TPSA) is 149 Å². The first kappa shape index (κ1) is 26.8. The number of nitrogens with one attached hydrogen (secondary N) is 1. The van der Waals surface area contributed by atoms with Crippen LogP contribution in [-0.2, 0) is 24.3 Å². The lowest BCUT2D eigenvalue weighted by Gasteiger charge is -2.37. The Hall–Kier alpha value is -3.77. The number of non-ortho nitro benzene ring substituents is 1. The van der Waals surface area contributed by atoms with E-state index in [2.05, 4.69) is 15.3 Å². The predicted octanol–water partition coefficient (Wildman–Crippen LogP) is 2.91. The lowest BCUT2D eigenvalue weighted by atomic mass is 9.90. The number of carbonyl (C=O) groups excluding carboxylic acids is 2. The van der Waals surface area contributed by atoms with E-state index in [0.29, 0.717) is 17.1 Å². The highest BCUT2D eigenvalue weighted by molar-refractivity contribution is 7.98. The number of pyridine rings is 1. The number of nitrogens with two attached hydrogens (primary N) is 1. The van der Waals surface area contributed by atoms with Crippen molar-refractivity contribution in [2.45, 2.75) is 68.3 Å². The van der Waals surface area contributed by atoms with E-state index in [4.69, 9.17) is 5.73 Å². The van der Waals surface area contributed by atoms with Gasteiger partial charge in [0.2, 0.25) is 5.91 Å². The van der Waals surface area contributed by atoms with Crippen LogP contribution >= 0.6 is 11.8 Å². The molecule has 1 fully saturated rings. The SMILES string of the molecule is CSc1ncccc1C(=O)N1Cc2c(ncn2Cc2ccc([N+](=O)[O-])cc2)CC1C(=O)NC1CCCCC1N. The standard InChI is InChI=1S/C27H31N7O4S/c1-39-26-19(5-4-12-29-26)27(36)33-15-24-22(13-23(33)25(35)31-21-7-3-2-6-20(21)28)30-16-32(24)14-17-8-10-18(11-9-17)34(37)38/h4-5,8-12,16,20-21,23H,2-3,6-7,13-15,28H2,1H3,(H,31,35). The molecule has 1 aliphatic carbocycles. The molecule has 5 rings (SSSR count). The molecule has 3 aromatic rings. The van der Waals surface area contributed by atoms with Gasteiger partial charge in [0.05, 0.1) is 34.7 Å². The molecule has 11 nitrogen and oxygen atoms in total. The number of imidazole rings is 1. The van der Waals surface area contributed by atoms with Gasteiger partial charge in [-0.25, -0.2) is 9.97 Å². The summed E-state index contributed by atoms with van der Waals surface area (Å²) < 4.78 is 1.93. The first-order valence-corrected chi connectivity index (χ1v) is 14.2. The number of thioether (sulfide) groups is 1. The highest BCUT2D eigenvalue weighted by Crippen LogP contribution is 2.28. The minimum absolute atomic E-state index is 0.0239. The van der Waals surface area contributed by atoms with Gasteiger partial charge < -0.3 is 20.5 Å². The molecule has 3 heterocycles. The second-order valence-corrected chi connectivity index (χ2v) is 10.8. The molecule has 1 saturated carbocycles. The first-order chi connectivity index (χ1) is 18.9. The van der Waals surface area contributed by atoms with Gasteiger partial charge in [0.15, 0.2) is 0 Å². The van der Waals surface area contributed by atoms with Gasteiger partial charge in [-0.1, -0.05) is 25.0 Å². The van der Waals surface area contributed by atoms with E-state index in [1.54, 1.807) is 41.7 Å². The predicted molar refractivity (Wildman–Crippen MR) is 146 cm³/mol. The zero-order valence-corrected chi connectivity index (χ0v) is 22.5. The molecule has 1 aliphatic heterocycles. The lowest BCUT2D eigenvalue weighted by molar-refractivity contribution is -0.384. The van der Waals surface area contributed by atoms with Crippen molar-refractivity contribution in [3.05, 3.63) is 81.6 Å². The zero-order chi connectivity index (χ0) is 27.5. The van der Waals surface area contributed by atoms with Crippen LogP contribution < -0.4 is 11.1 Å². The number of nitro benzene ring substituents is 1. The van der Waals surface area contributed by atoms with Crippen LogP contribution in [-0.4, -0.2) is 60.6 Å². The Balaban J connectivity index is 1.44. The summed E-state index contributed by atoms with van der Waals surface area (Å²) in [6.07, 6.45) is 9.22. The molecule has 0 spiro atoms. The minimum atomic E-state index is -0.739. The van der Waals surface area contributed by atoms with Gasteiger partial charge in [-0.15, -0.1) is 11.8 Å². The van der Waals surface area contributed by atoms with Crippen LogP contribution in [0.2, 0.25) is 0 Å². The summed E-state index contributed by atoms with van der Waals surface area (Å²) in [7, 11) is 0. The summed E-state index contributed by atoms with van der Waals surface area (Å²) >= 11 is 1.38. The van der Waals surface area contributed by atoms with E-state index >= 15 is 0 Å².